The summed E-state index contributed by atoms with van der Waals surface area (Å²) in [4.78, 5) is 30.4. The summed E-state index contributed by atoms with van der Waals surface area (Å²) >= 11 is 1.83. The molecule has 0 unspecified atom stereocenters. The van der Waals surface area contributed by atoms with Gasteiger partial charge in [0.1, 0.15) is 29.8 Å². The van der Waals surface area contributed by atoms with Crippen LogP contribution in [-0.2, 0) is 12.8 Å². The fourth-order valence-electron chi connectivity index (χ4n) is 5.29. The van der Waals surface area contributed by atoms with Crippen LogP contribution in [0.4, 0.5) is 17.6 Å². The van der Waals surface area contributed by atoms with Gasteiger partial charge in [-0.3, -0.25) is 9.59 Å². The molecular formula is C32H33F4N3O4S. The molecule has 3 aromatic rings. The van der Waals surface area contributed by atoms with E-state index in [-0.39, 0.29) is 47.6 Å². The molecule has 2 aliphatic rings. The standard InChI is InChI=1S/C32H33F4N3O4S/c33-22-17-27(31(37-18-22)43-25-12-14-44-15-13-25)30(41)39-24-9-7-23(8-10-24)38-29(40)26-16-21(32(34,35)36)6-11-28(26)42-19-20-4-2-1-3-5-20/h1-6,11,16-18,23-25H,7-10,12-15,19H2,(H,38,40)(H,39,41)/t23-,24+. The average molecular weight is 632 g/mol. The van der Waals surface area contributed by atoms with Gasteiger partial charge in [-0.15, -0.1) is 0 Å². The minimum Gasteiger partial charge on any atom is -0.488 e. The first-order chi connectivity index (χ1) is 21.2. The van der Waals surface area contributed by atoms with Gasteiger partial charge in [-0.05, 0) is 79.9 Å². The Kier molecular flexibility index (Phi) is 10.3. The summed E-state index contributed by atoms with van der Waals surface area (Å²) < 4.78 is 66.1. The monoisotopic (exact) mass is 631 g/mol. The van der Waals surface area contributed by atoms with Gasteiger partial charge < -0.3 is 20.1 Å². The van der Waals surface area contributed by atoms with Crippen molar-refractivity contribution in [3.05, 3.63) is 88.9 Å². The number of benzene rings is 2. The fraction of sp³-hybridized carbons (Fsp3) is 0.406. The van der Waals surface area contributed by atoms with E-state index in [0.717, 1.165) is 54.3 Å². The van der Waals surface area contributed by atoms with Crippen molar-refractivity contribution in [1.29, 1.82) is 0 Å². The van der Waals surface area contributed by atoms with Crippen LogP contribution in [0, 0.1) is 5.82 Å². The van der Waals surface area contributed by atoms with Crippen LogP contribution in [0.1, 0.15) is 70.4 Å². The van der Waals surface area contributed by atoms with E-state index in [4.69, 9.17) is 9.47 Å². The molecule has 1 saturated heterocycles. The Morgan fingerprint density at radius 2 is 1.50 bits per heavy atom. The number of alkyl halides is 3. The third-order valence-electron chi connectivity index (χ3n) is 7.70. The molecule has 2 aromatic carbocycles. The van der Waals surface area contributed by atoms with E-state index in [1.165, 1.54) is 6.07 Å². The highest BCUT2D eigenvalue weighted by Gasteiger charge is 2.33. The largest absolute Gasteiger partial charge is 0.488 e. The summed E-state index contributed by atoms with van der Waals surface area (Å²) in [6, 6.07) is 12.5. The quantitative estimate of drug-likeness (QED) is 0.260. The van der Waals surface area contributed by atoms with Gasteiger partial charge in [-0.25, -0.2) is 9.37 Å². The number of hydrogen-bond donors (Lipinski definition) is 2. The van der Waals surface area contributed by atoms with Crippen LogP contribution >= 0.6 is 11.8 Å². The molecule has 0 bridgehead atoms. The first kappa shape index (κ1) is 31.6. The van der Waals surface area contributed by atoms with Gasteiger partial charge in [0, 0.05) is 12.1 Å². The van der Waals surface area contributed by atoms with Crippen molar-refractivity contribution in [1.82, 2.24) is 15.6 Å². The van der Waals surface area contributed by atoms with Crippen LogP contribution in [0.2, 0.25) is 0 Å². The number of aromatic nitrogens is 1. The second-order valence-corrected chi connectivity index (χ2v) is 12.1. The summed E-state index contributed by atoms with van der Waals surface area (Å²) in [6.45, 7) is 0.0879. The van der Waals surface area contributed by atoms with Crippen LogP contribution in [0.5, 0.6) is 11.6 Å². The van der Waals surface area contributed by atoms with Gasteiger partial charge in [0.25, 0.3) is 11.8 Å². The van der Waals surface area contributed by atoms with E-state index in [0.29, 0.717) is 25.7 Å². The van der Waals surface area contributed by atoms with Crippen LogP contribution in [-0.4, -0.2) is 46.5 Å². The number of carbonyl (C=O) groups excluding carboxylic acids is 2. The number of pyridine rings is 1. The highest BCUT2D eigenvalue weighted by molar-refractivity contribution is 7.99. The maximum absolute atomic E-state index is 14.0. The summed E-state index contributed by atoms with van der Waals surface area (Å²) in [5.41, 5.74) is -0.307. The second kappa shape index (κ2) is 14.3. The number of halogens is 4. The lowest BCUT2D eigenvalue weighted by Crippen LogP contribution is -2.44. The highest BCUT2D eigenvalue weighted by atomic mass is 32.2. The molecule has 2 N–H and O–H groups in total. The molecule has 0 radical (unpaired) electrons. The number of thioether (sulfide) groups is 1. The average Bonchev–Trinajstić information content (AvgIpc) is 3.02. The predicted octanol–water partition coefficient (Wildman–Crippen LogP) is 6.56. The number of rotatable bonds is 9. The molecule has 1 aliphatic carbocycles. The predicted molar refractivity (Wildman–Crippen MR) is 158 cm³/mol. The number of nitrogens with one attached hydrogen (secondary N) is 2. The molecule has 234 valence electrons. The van der Waals surface area contributed by atoms with Crippen molar-refractivity contribution in [2.45, 2.75) is 69.5 Å². The van der Waals surface area contributed by atoms with Gasteiger partial charge in [-0.1, -0.05) is 30.3 Å². The third-order valence-corrected chi connectivity index (χ3v) is 8.74. The van der Waals surface area contributed by atoms with Crippen LogP contribution in [0.15, 0.2) is 60.8 Å². The topological polar surface area (TPSA) is 89.6 Å². The Bertz CT molecular complexity index is 1440. The lowest BCUT2D eigenvalue weighted by Gasteiger charge is -2.30. The molecule has 0 atom stereocenters. The minimum absolute atomic E-state index is 0.0335. The first-order valence-corrected chi connectivity index (χ1v) is 15.7. The van der Waals surface area contributed by atoms with E-state index in [1.54, 1.807) is 0 Å². The number of hydrogen-bond acceptors (Lipinski definition) is 6. The number of ether oxygens (including phenoxy) is 2. The lowest BCUT2D eigenvalue weighted by atomic mass is 9.90. The molecule has 1 aromatic heterocycles. The smallest absolute Gasteiger partial charge is 0.416 e. The maximum atomic E-state index is 14.0. The Hall–Kier alpha value is -3.80. The Balaban J connectivity index is 1.19. The van der Waals surface area contributed by atoms with Gasteiger partial charge in [0.15, 0.2) is 0 Å². The molecule has 0 spiro atoms. The molecule has 44 heavy (non-hydrogen) atoms. The molecule has 2 heterocycles. The van der Waals surface area contributed by atoms with E-state index < -0.39 is 29.4 Å². The number of nitrogens with zero attached hydrogens (tertiary/aromatic N) is 1. The fourth-order valence-corrected chi connectivity index (χ4v) is 6.35. The van der Waals surface area contributed by atoms with Crippen LogP contribution < -0.4 is 20.1 Å². The van der Waals surface area contributed by atoms with Gasteiger partial charge in [0.05, 0.1) is 17.3 Å². The molecule has 12 heteroatoms. The zero-order valence-electron chi connectivity index (χ0n) is 23.9. The number of carbonyl (C=O) groups is 2. The van der Waals surface area contributed by atoms with Crippen molar-refractivity contribution in [3.63, 3.8) is 0 Å². The summed E-state index contributed by atoms with van der Waals surface area (Å²) in [7, 11) is 0. The van der Waals surface area contributed by atoms with Crippen molar-refractivity contribution < 1.29 is 36.6 Å². The molecule has 2 amide bonds. The van der Waals surface area contributed by atoms with Crippen LogP contribution in [0.3, 0.4) is 0 Å². The van der Waals surface area contributed by atoms with Crippen molar-refractivity contribution >= 4 is 23.6 Å². The normalized spacial score (nSPS) is 19.2. The third kappa shape index (κ3) is 8.43. The second-order valence-electron chi connectivity index (χ2n) is 10.9. The summed E-state index contributed by atoms with van der Waals surface area (Å²) in [6.07, 6.45) is -0.0450. The lowest BCUT2D eigenvalue weighted by molar-refractivity contribution is -0.137. The van der Waals surface area contributed by atoms with E-state index in [9.17, 15) is 27.2 Å². The highest BCUT2D eigenvalue weighted by Crippen LogP contribution is 2.33. The van der Waals surface area contributed by atoms with E-state index >= 15 is 0 Å². The SMILES string of the molecule is O=C(N[C@H]1CC[C@@H](NC(=O)c2cc(F)cnc2OC2CCSCC2)CC1)c1cc(C(F)(F)F)ccc1OCc1ccccc1. The molecule has 2 fully saturated rings. The molecule has 1 saturated carbocycles. The van der Waals surface area contributed by atoms with Crippen molar-refractivity contribution in [2.75, 3.05) is 11.5 Å². The zero-order valence-corrected chi connectivity index (χ0v) is 24.7. The first-order valence-electron chi connectivity index (χ1n) is 14.6. The molecule has 1 aliphatic heterocycles. The van der Waals surface area contributed by atoms with Gasteiger partial charge in [0.2, 0.25) is 5.88 Å². The van der Waals surface area contributed by atoms with Gasteiger partial charge in [-0.2, -0.15) is 24.9 Å². The minimum atomic E-state index is -4.62. The number of amides is 2. The Morgan fingerprint density at radius 1 is 0.864 bits per heavy atom. The summed E-state index contributed by atoms with van der Waals surface area (Å²) in [5, 5.41) is 5.76. The van der Waals surface area contributed by atoms with E-state index in [2.05, 4.69) is 15.6 Å². The molecule has 7 nitrogen and oxygen atoms in total. The van der Waals surface area contributed by atoms with E-state index in [1.807, 2.05) is 42.1 Å². The zero-order chi connectivity index (χ0) is 31.1. The molecular weight excluding hydrogens is 598 g/mol. The molecule has 5 rings (SSSR count). The maximum Gasteiger partial charge on any atom is 0.416 e. The summed E-state index contributed by atoms with van der Waals surface area (Å²) in [5.74, 6) is 0.248. The van der Waals surface area contributed by atoms with Crippen molar-refractivity contribution in [3.8, 4) is 11.6 Å². The van der Waals surface area contributed by atoms with Crippen LogP contribution in [0.25, 0.3) is 0 Å². The Labute approximate surface area is 257 Å². The van der Waals surface area contributed by atoms with Crippen molar-refractivity contribution in [2.24, 2.45) is 0 Å². The van der Waals surface area contributed by atoms with Gasteiger partial charge >= 0.3 is 6.18 Å². The Morgan fingerprint density at radius 3 is 2.14 bits per heavy atom.